The zero-order valence-corrected chi connectivity index (χ0v) is 27.5. The quantitative estimate of drug-likeness (QED) is 0.305. The minimum atomic E-state index is -1.13. The summed E-state index contributed by atoms with van der Waals surface area (Å²) < 4.78 is 6.58. The Morgan fingerprint density at radius 2 is 1.84 bits per heavy atom. The molecule has 0 aromatic heterocycles. The van der Waals surface area contributed by atoms with E-state index in [2.05, 4.69) is 41.2 Å². The first kappa shape index (κ1) is 31.6. The van der Waals surface area contributed by atoms with Crippen LogP contribution in [0.25, 0.3) is 0 Å². The lowest BCUT2D eigenvalue weighted by molar-refractivity contribution is -0.141. The van der Waals surface area contributed by atoms with Crippen LogP contribution < -0.4 is 10.6 Å². The van der Waals surface area contributed by atoms with Gasteiger partial charge in [-0.25, -0.2) is 0 Å². The van der Waals surface area contributed by atoms with Gasteiger partial charge in [0.2, 0.25) is 17.7 Å². The molecule has 5 aliphatic rings. The fraction of sp³-hybridized carbons (Fsp3) is 0.676. The Morgan fingerprint density at radius 1 is 1.07 bits per heavy atom. The summed E-state index contributed by atoms with van der Waals surface area (Å²) in [7, 11) is 0. The van der Waals surface area contributed by atoms with Crippen LogP contribution in [0.1, 0.15) is 46.5 Å². The molecule has 1 aromatic carbocycles. The normalized spacial score (nSPS) is 35.2. The van der Waals surface area contributed by atoms with Crippen molar-refractivity contribution in [1.82, 2.24) is 20.0 Å². The van der Waals surface area contributed by atoms with Crippen molar-refractivity contribution in [3.8, 4) is 0 Å². The van der Waals surface area contributed by atoms with Crippen molar-refractivity contribution >= 4 is 35.2 Å². The fourth-order valence-electron chi connectivity index (χ4n) is 8.28. The predicted molar refractivity (Wildman–Crippen MR) is 173 cm³/mol. The first-order valence-electron chi connectivity index (χ1n) is 16.6. The van der Waals surface area contributed by atoms with E-state index in [1.165, 1.54) is 6.42 Å². The molecule has 2 bridgehead atoms. The van der Waals surface area contributed by atoms with Crippen LogP contribution in [-0.2, 0) is 19.1 Å². The highest BCUT2D eigenvalue weighted by molar-refractivity contribution is 7.98. The molecule has 6 rings (SSSR count). The first-order valence-corrected chi connectivity index (χ1v) is 17.9. The van der Waals surface area contributed by atoms with E-state index in [0.29, 0.717) is 24.1 Å². The number of hydrogen-bond acceptors (Lipinski definition) is 7. The summed E-state index contributed by atoms with van der Waals surface area (Å²) in [6, 6.07) is 6.99. The highest BCUT2D eigenvalue weighted by Crippen LogP contribution is 2.55. The number of carbonyl (C=O) groups is 3. The molecule has 0 radical (unpaired) electrons. The molecular weight excluding hydrogens is 574 g/mol. The Hall–Kier alpha value is -2.40. The van der Waals surface area contributed by atoms with Gasteiger partial charge in [-0.15, -0.1) is 11.8 Å². The lowest BCUT2D eigenvalue weighted by Crippen LogP contribution is -2.58. The number of fused-ring (bicyclic) bond motifs is 1. The Morgan fingerprint density at radius 3 is 2.59 bits per heavy atom. The van der Waals surface area contributed by atoms with Gasteiger partial charge < -0.3 is 30.1 Å². The number of nitrogens with zero attached hydrogens (tertiary/aromatic N) is 3. The van der Waals surface area contributed by atoms with Crippen LogP contribution in [0.4, 0.5) is 5.69 Å². The average molecular weight is 624 g/mol. The first-order chi connectivity index (χ1) is 21.3. The van der Waals surface area contributed by atoms with Crippen molar-refractivity contribution in [3.05, 3.63) is 36.4 Å². The van der Waals surface area contributed by atoms with Crippen molar-refractivity contribution in [2.45, 2.75) is 75.1 Å². The smallest absolute Gasteiger partial charge is 0.246 e. The summed E-state index contributed by atoms with van der Waals surface area (Å²) in [5.74, 6) is -1.05. The molecular formula is C34H49N5O4S. The van der Waals surface area contributed by atoms with Crippen LogP contribution in [0.3, 0.4) is 0 Å². The van der Waals surface area contributed by atoms with E-state index in [9.17, 15) is 14.4 Å². The predicted octanol–water partition coefficient (Wildman–Crippen LogP) is 3.47. The fourth-order valence-corrected chi connectivity index (χ4v) is 8.73. The molecule has 1 aliphatic carbocycles. The summed E-state index contributed by atoms with van der Waals surface area (Å²) in [5.41, 5.74) is -0.437. The summed E-state index contributed by atoms with van der Waals surface area (Å²) in [6.45, 7) is 13.2. The van der Waals surface area contributed by atoms with Crippen molar-refractivity contribution in [3.63, 3.8) is 0 Å². The second-order valence-electron chi connectivity index (χ2n) is 13.5. The van der Waals surface area contributed by atoms with Gasteiger partial charge in [-0.1, -0.05) is 51.8 Å². The third kappa shape index (κ3) is 5.83. The summed E-state index contributed by atoms with van der Waals surface area (Å²) >= 11 is 1.61. The topological polar surface area (TPSA) is 94.2 Å². The van der Waals surface area contributed by atoms with Crippen molar-refractivity contribution < 1.29 is 19.1 Å². The van der Waals surface area contributed by atoms with E-state index in [0.717, 1.165) is 63.4 Å². The van der Waals surface area contributed by atoms with Gasteiger partial charge >= 0.3 is 0 Å². The van der Waals surface area contributed by atoms with Gasteiger partial charge in [0, 0.05) is 49.3 Å². The molecule has 0 unspecified atom stereocenters. The number of benzene rings is 1. The number of likely N-dealkylation sites (tertiary alicyclic amines) is 1. The van der Waals surface area contributed by atoms with Crippen LogP contribution in [0.2, 0.25) is 0 Å². The monoisotopic (exact) mass is 623 g/mol. The molecule has 8 atom stereocenters. The van der Waals surface area contributed by atoms with Gasteiger partial charge in [0.1, 0.15) is 11.6 Å². The van der Waals surface area contributed by atoms with E-state index in [1.807, 2.05) is 42.7 Å². The number of ether oxygens (including phenoxy) is 1. The van der Waals surface area contributed by atoms with E-state index in [-0.39, 0.29) is 23.8 Å². The number of rotatable bonds is 10. The number of likely N-dealkylation sites (N-methyl/N-ethyl adjacent to an activating group) is 1. The van der Waals surface area contributed by atoms with Gasteiger partial charge in [0.25, 0.3) is 0 Å². The van der Waals surface area contributed by atoms with Gasteiger partial charge in [0.05, 0.1) is 17.9 Å². The Labute approximate surface area is 266 Å². The molecule has 4 heterocycles. The van der Waals surface area contributed by atoms with E-state index in [4.69, 9.17) is 4.74 Å². The second kappa shape index (κ2) is 13.1. The zero-order valence-electron chi connectivity index (χ0n) is 26.7. The van der Waals surface area contributed by atoms with E-state index < -0.39 is 29.6 Å². The van der Waals surface area contributed by atoms with Crippen LogP contribution >= 0.6 is 11.8 Å². The maximum absolute atomic E-state index is 14.4. The zero-order chi connectivity index (χ0) is 31.0. The Kier molecular flexibility index (Phi) is 9.43. The largest absolute Gasteiger partial charge is 0.359 e. The highest BCUT2D eigenvalue weighted by atomic mass is 32.2. The van der Waals surface area contributed by atoms with Crippen LogP contribution in [-0.4, -0.2) is 108 Å². The lowest BCUT2D eigenvalue weighted by atomic mass is 9.73. The van der Waals surface area contributed by atoms with Crippen LogP contribution in [0.5, 0.6) is 0 Å². The van der Waals surface area contributed by atoms with Gasteiger partial charge in [-0.05, 0) is 62.2 Å². The molecule has 1 saturated carbocycles. The SMILES string of the molecule is CCN1CCN(CCCN2C(=O)[C@H]3[C@H](C(=O)Nc4cccc(SC)c4)[C@H]4C=C[C@@]3(O4)[C@@H]2C(=O)N[C@@H]2CCC[C@H](C)[C@H]2C)CC1. The average Bonchev–Trinajstić information content (AvgIpc) is 3.67. The second-order valence-corrected chi connectivity index (χ2v) is 14.3. The highest BCUT2D eigenvalue weighted by Gasteiger charge is 2.72. The summed E-state index contributed by atoms with van der Waals surface area (Å²) in [5, 5.41) is 6.42. The van der Waals surface area contributed by atoms with Crippen molar-refractivity contribution in [2.75, 3.05) is 57.4 Å². The molecule has 2 N–H and O–H groups in total. The number of nitrogens with one attached hydrogen (secondary N) is 2. The molecule has 4 aliphatic heterocycles. The maximum atomic E-state index is 14.4. The summed E-state index contributed by atoms with van der Waals surface area (Å²) in [6.07, 6.45) is 9.24. The number of amides is 3. The number of hydrogen-bond donors (Lipinski definition) is 2. The maximum Gasteiger partial charge on any atom is 0.246 e. The van der Waals surface area contributed by atoms with Gasteiger partial charge in [-0.2, -0.15) is 0 Å². The standard InChI is InChI=1S/C34H49N5O4S/c1-5-37-17-19-38(20-18-37)15-8-16-39-30(32(41)36-26-12-6-9-22(2)23(26)3)34-14-13-27(43-34)28(29(34)33(39)42)31(40)35-24-10-7-11-25(21-24)44-4/h7,10-11,13-14,21-23,26-30H,5-6,8-9,12,15-20H2,1-4H3,(H,35,40)(H,36,41)/t22-,23+,26+,27+,28+,29+,30-,34-/m0/s1. The number of thioether (sulfide) groups is 1. The van der Waals surface area contributed by atoms with Gasteiger partial charge in [-0.3, -0.25) is 14.4 Å². The minimum Gasteiger partial charge on any atom is -0.359 e. The molecule has 4 fully saturated rings. The Bertz CT molecular complexity index is 1270. The van der Waals surface area contributed by atoms with E-state index >= 15 is 0 Å². The molecule has 44 heavy (non-hydrogen) atoms. The van der Waals surface area contributed by atoms with E-state index in [1.54, 1.807) is 16.7 Å². The molecule has 9 nitrogen and oxygen atoms in total. The minimum absolute atomic E-state index is 0.0684. The number of anilines is 1. The summed E-state index contributed by atoms with van der Waals surface area (Å²) in [4.78, 5) is 50.2. The van der Waals surface area contributed by atoms with Gasteiger partial charge in [0.15, 0.2) is 0 Å². The number of carbonyl (C=O) groups excluding carboxylic acids is 3. The van der Waals surface area contributed by atoms with Crippen molar-refractivity contribution in [2.24, 2.45) is 23.7 Å². The lowest BCUT2D eigenvalue weighted by Gasteiger charge is -2.38. The molecule has 240 valence electrons. The van der Waals surface area contributed by atoms with Crippen LogP contribution in [0.15, 0.2) is 41.3 Å². The molecule has 3 saturated heterocycles. The molecule has 1 aromatic rings. The third-order valence-electron chi connectivity index (χ3n) is 11.1. The van der Waals surface area contributed by atoms with Crippen molar-refractivity contribution in [1.29, 1.82) is 0 Å². The number of piperazine rings is 1. The third-order valence-corrected chi connectivity index (χ3v) is 11.8. The molecule has 3 amide bonds. The molecule has 10 heteroatoms. The van der Waals surface area contributed by atoms with Crippen LogP contribution in [0, 0.1) is 23.7 Å². The Balaban J connectivity index is 1.22. The molecule has 1 spiro atoms.